The molecule has 4 nitrogen and oxygen atoms in total. The molecular formula is C6H11NO3. The average Bonchev–Trinajstić information content (AvgIpc) is 2.35. The van der Waals surface area contributed by atoms with Crippen molar-refractivity contribution in [3.8, 4) is 0 Å². The molecule has 4 heteroatoms. The third-order valence-electron chi connectivity index (χ3n) is 2.03. The van der Waals surface area contributed by atoms with E-state index in [2.05, 4.69) is 4.84 Å². The second-order valence-corrected chi connectivity index (χ2v) is 2.62. The Bertz CT molecular complexity index is 140. The van der Waals surface area contributed by atoms with Crippen LogP contribution >= 0.6 is 0 Å². The second-order valence-electron chi connectivity index (χ2n) is 2.62. The van der Waals surface area contributed by atoms with Crippen LogP contribution in [0.2, 0.25) is 0 Å². The first kappa shape index (κ1) is 7.50. The highest BCUT2D eigenvalue weighted by Gasteiger charge is 2.42. The Hall–Kier alpha value is -0.610. The van der Waals surface area contributed by atoms with Gasteiger partial charge >= 0.3 is 5.97 Å². The number of rotatable bonds is 2. The van der Waals surface area contributed by atoms with Gasteiger partial charge in [0.25, 0.3) is 0 Å². The van der Waals surface area contributed by atoms with Gasteiger partial charge in [0, 0.05) is 0 Å². The molecule has 1 fully saturated rings. The molecule has 58 valence electrons. The van der Waals surface area contributed by atoms with Gasteiger partial charge in [-0.1, -0.05) is 0 Å². The van der Waals surface area contributed by atoms with E-state index in [1.54, 1.807) is 0 Å². The van der Waals surface area contributed by atoms with E-state index in [1.807, 2.05) is 0 Å². The number of carbonyl (C=O) groups is 1. The fourth-order valence-electron chi connectivity index (χ4n) is 1.33. The number of carboxylic acid groups (broad SMARTS) is 1. The van der Waals surface area contributed by atoms with Crippen LogP contribution in [-0.4, -0.2) is 16.7 Å². The van der Waals surface area contributed by atoms with Crippen LogP contribution < -0.4 is 5.90 Å². The minimum absolute atomic E-state index is 0.541. The lowest BCUT2D eigenvalue weighted by Crippen LogP contribution is -2.40. The van der Waals surface area contributed by atoms with Crippen molar-refractivity contribution >= 4 is 5.97 Å². The summed E-state index contributed by atoms with van der Waals surface area (Å²) in [5.74, 6) is 3.95. The Morgan fingerprint density at radius 2 is 2.00 bits per heavy atom. The number of hydrogen-bond acceptors (Lipinski definition) is 3. The van der Waals surface area contributed by atoms with Gasteiger partial charge in [-0.05, 0) is 25.7 Å². The lowest BCUT2D eigenvalue weighted by atomic mass is 10.0. The maximum atomic E-state index is 10.5. The molecule has 3 N–H and O–H groups in total. The van der Waals surface area contributed by atoms with Crippen LogP contribution in [-0.2, 0) is 9.63 Å². The minimum atomic E-state index is -1.07. The summed E-state index contributed by atoms with van der Waals surface area (Å²) in [4.78, 5) is 15.0. The zero-order chi connectivity index (χ0) is 7.61. The van der Waals surface area contributed by atoms with Crippen molar-refractivity contribution in [2.75, 3.05) is 0 Å². The topological polar surface area (TPSA) is 72.5 Å². The molecule has 0 bridgehead atoms. The third-order valence-corrected chi connectivity index (χ3v) is 2.03. The van der Waals surface area contributed by atoms with Crippen molar-refractivity contribution in [1.29, 1.82) is 0 Å². The summed E-state index contributed by atoms with van der Waals surface area (Å²) >= 11 is 0. The van der Waals surface area contributed by atoms with E-state index >= 15 is 0 Å². The molecule has 1 aliphatic rings. The number of hydrogen-bond donors (Lipinski definition) is 2. The maximum absolute atomic E-state index is 10.5. The fraction of sp³-hybridized carbons (Fsp3) is 0.833. The Balaban J connectivity index is 2.67. The molecule has 0 spiro atoms. The molecule has 0 saturated heterocycles. The lowest BCUT2D eigenvalue weighted by molar-refractivity contribution is -0.165. The highest BCUT2D eigenvalue weighted by atomic mass is 16.6. The van der Waals surface area contributed by atoms with Crippen LogP contribution in [0.25, 0.3) is 0 Å². The molecule has 10 heavy (non-hydrogen) atoms. The van der Waals surface area contributed by atoms with Crippen molar-refractivity contribution in [2.45, 2.75) is 31.3 Å². The first-order valence-corrected chi connectivity index (χ1v) is 3.32. The van der Waals surface area contributed by atoms with Crippen molar-refractivity contribution in [1.82, 2.24) is 0 Å². The fourth-order valence-corrected chi connectivity index (χ4v) is 1.33. The predicted molar refractivity (Wildman–Crippen MR) is 34.1 cm³/mol. The molecule has 0 aromatic heterocycles. The van der Waals surface area contributed by atoms with E-state index in [9.17, 15) is 4.79 Å². The van der Waals surface area contributed by atoms with E-state index in [-0.39, 0.29) is 0 Å². The third kappa shape index (κ3) is 0.998. The van der Waals surface area contributed by atoms with Gasteiger partial charge in [-0.2, -0.15) is 0 Å². The Morgan fingerprint density at radius 3 is 2.20 bits per heavy atom. The molecule has 0 atom stereocenters. The predicted octanol–water partition coefficient (Wildman–Crippen LogP) is 0.274. The highest BCUT2D eigenvalue weighted by Crippen LogP contribution is 2.31. The van der Waals surface area contributed by atoms with Gasteiger partial charge in [-0.15, -0.1) is 0 Å². The van der Waals surface area contributed by atoms with E-state index in [0.29, 0.717) is 12.8 Å². The van der Waals surface area contributed by atoms with Crippen LogP contribution in [0.15, 0.2) is 0 Å². The Morgan fingerprint density at radius 1 is 1.50 bits per heavy atom. The van der Waals surface area contributed by atoms with Crippen LogP contribution in [0, 0.1) is 0 Å². The van der Waals surface area contributed by atoms with Gasteiger partial charge in [-0.3, -0.25) is 4.84 Å². The molecule has 0 aliphatic heterocycles. The first-order valence-electron chi connectivity index (χ1n) is 3.32. The molecule has 1 rings (SSSR count). The number of aliphatic carboxylic acids is 1. The molecule has 1 aliphatic carbocycles. The number of nitrogens with two attached hydrogens (primary N) is 1. The maximum Gasteiger partial charge on any atom is 0.338 e. The van der Waals surface area contributed by atoms with E-state index in [4.69, 9.17) is 11.0 Å². The Kier molecular flexibility index (Phi) is 1.92. The van der Waals surface area contributed by atoms with E-state index < -0.39 is 11.6 Å². The largest absolute Gasteiger partial charge is 0.479 e. The average molecular weight is 145 g/mol. The van der Waals surface area contributed by atoms with Gasteiger partial charge in [0.05, 0.1) is 0 Å². The summed E-state index contributed by atoms with van der Waals surface area (Å²) < 4.78 is 0. The van der Waals surface area contributed by atoms with E-state index in [0.717, 1.165) is 12.8 Å². The van der Waals surface area contributed by atoms with Gasteiger partial charge in [0.15, 0.2) is 5.60 Å². The van der Waals surface area contributed by atoms with E-state index in [1.165, 1.54) is 0 Å². The molecule has 0 amide bonds. The molecule has 1 saturated carbocycles. The summed E-state index contributed by atoms with van der Waals surface area (Å²) in [5.41, 5.74) is -1.07. The zero-order valence-corrected chi connectivity index (χ0v) is 5.67. The summed E-state index contributed by atoms with van der Waals surface area (Å²) in [6.07, 6.45) is 2.87. The summed E-state index contributed by atoms with van der Waals surface area (Å²) in [6.45, 7) is 0. The SMILES string of the molecule is NOC1(C(=O)O)CCCC1. The highest BCUT2D eigenvalue weighted by molar-refractivity contribution is 5.77. The monoisotopic (exact) mass is 145 g/mol. The second kappa shape index (κ2) is 2.56. The van der Waals surface area contributed by atoms with Crippen LogP contribution in [0.3, 0.4) is 0 Å². The summed E-state index contributed by atoms with van der Waals surface area (Å²) in [6, 6.07) is 0. The number of carboxylic acids is 1. The van der Waals surface area contributed by atoms with Crippen molar-refractivity contribution in [3.05, 3.63) is 0 Å². The Labute approximate surface area is 58.9 Å². The smallest absolute Gasteiger partial charge is 0.338 e. The van der Waals surface area contributed by atoms with Crippen LogP contribution in [0.1, 0.15) is 25.7 Å². The van der Waals surface area contributed by atoms with Gasteiger partial charge in [0.1, 0.15) is 0 Å². The minimum Gasteiger partial charge on any atom is -0.479 e. The summed E-state index contributed by atoms with van der Waals surface area (Å²) in [7, 11) is 0. The van der Waals surface area contributed by atoms with Crippen molar-refractivity contribution in [2.24, 2.45) is 5.90 Å². The zero-order valence-electron chi connectivity index (χ0n) is 5.67. The molecule has 0 aromatic rings. The van der Waals surface area contributed by atoms with Crippen molar-refractivity contribution < 1.29 is 14.7 Å². The molecule has 0 heterocycles. The molecular weight excluding hydrogens is 134 g/mol. The van der Waals surface area contributed by atoms with Crippen LogP contribution in [0.4, 0.5) is 0 Å². The van der Waals surface area contributed by atoms with Gasteiger partial charge in [0.2, 0.25) is 0 Å². The summed E-state index contributed by atoms with van der Waals surface area (Å²) in [5, 5.41) is 8.66. The van der Waals surface area contributed by atoms with Crippen molar-refractivity contribution in [3.63, 3.8) is 0 Å². The first-order chi connectivity index (χ1) is 4.71. The quantitative estimate of drug-likeness (QED) is 0.547. The van der Waals surface area contributed by atoms with Crippen LogP contribution in [0.5, 0.6) is 0 Å². The molecule has 0 unspecified atom stereocenters. The van der Waals surface area contributed by atoms with Gasteiger partial charge < -0.3 is 5.11 Å². The normalized spacial score (nSPS) is 22.9. The standard InChI is InChI=1S/C6H11NO3/c7-10-6(5(8)9)3-1-2-4-6/h1-4,7H2,(H,8,9). The lowest BCUT2D eigenvalue weighted by Gasteiger charge is -2.19. The molecule has 0 radical (unpaired) electrons. The molecule has 0 aromatic carbocycles. The van der Waals surface area contributed by atoms with Gasteiger partial charge in [-0.25, -0.2) is 10.7 Å².